The largest absolute Gasteiger partial charge is 0.229 e. The molecule has 29 heavy (non-hydrogen) atoms. The number of halogens is 4. The Morgan fingerprint density at radius 1 is 0.724 bits per heavy atom. The molecule has 2 aromatic carbocycles. The van der Waals surface area contributed by atoms with E-state index in [1.54, 1.807) is 0 Å². The second-order valence-electron chi connectivity index (χ2n) is 6.63. The van der Waals surface area contributed by atoms with Crippen LogP contribution in [0, 0.1) is 48.8 Å². The quantitative estimate of drug-likeness (QED) is 0.325. The molecule has 4 nitrogen and oxygen atoms in total. The van der Waals surface area contributed by atoms with Crippen LogP contribution in [0.25, 0.3) is 0 Å². The van der Waals surface area contributed by atoms with Crippen molar-refractivity contribution in [2.24, 2.45) is 11.8 Å². The Morgan fingerprint density at radius 2 is 1.10 bits per heavy atom. The van der Waals surface area contributed by atoms with Crippen molar-refractivity contribution in [3.63, 3.8) is 0 Å². The Morgan fingerprint density at radius 3 is 1.41 bits per heavy atom. The molecule has 0 heterocycles. The predicted octanol–water partition coefficient (Wildman–Crippen LogP) is 5.58. The standard InChI is InChI=1S/C20H16I4N2O2S/c21-17-3-1-13(7-19(17)23)5-15(9-25)11-29(27,28)12-16(10-26)6-14-2-4-18(22)20(24)8-14/h1-4,7-8,15-16H,5-6,11-12H2. The average molecular weight is 856 g/mol. The van der Waals surface area contributed by atoms with Gasteiger partial charge >= 0.3 is 0 Å². The van der Waals surface area contributed by atoms with E-state index >= 15 is 0 Å². The zero-order valence-corrected chi connectivity index (χ0v) is 24.5. The topological polar surface area (TPSA) is 81.7 Å². The molecule has 0 spiro atoms. The maximum Gasteiger partial charge on any atom is 0.152 e. The fourth-order valence-electron chi connectivity index (χ4n) is 2.87. The minimum Gasteiger partial charge on any atom is -0.229 e. The average Bonchev–Trinajstić information content (AvgIpc) is 2.66. The SMILES string of the molecule is N#CC(Cc1ccc(I)c(I)c1)CS(=O)(=O)CC(C#N)Cc1ccc(I)c(I)c1. The highest BCUT2D eigenvalue weighted by Crippen LogP contribution is 2.21. The first-order chi connectivity index (χ1) is 13.6. The van der Waals surface area contributed by atoms with Crippen LogP contribution in [0.5, 0.6) is 0 Å². The predicted molar refractivity (Wildman–Crippen MR) is 148 cm³/mol. The molecule has 0 saturated heterocycles. The number of hydrogen-bond donors (Lipinski definition) is 0. The summed E-state index contributed by atoms with van der Waals surface area (Å²) < 4.78 is 29.8. The van der Waals surface area contributed by atoms with E-state index in [1.807, 2.05) is 36.4 Å². The Bertz CT molecular complexity index is 995. The lowest BCUT2D eigenvalue weighted by atomic mass is 10.0. The maximum absolute atomic E-state index is 12.7. The lowest BCUT2D eigenvalue weighted by Gasteiger charge is -2.14. The Hall–Kier alpha value is 0.290. The fraction of sp³-hybridized carbons (Fsp3) is 0.300. The van der Waals surface area contributed by atoms with Crippen molar-refractivity contribution in [2.45, 2.75) is 12.8 Å². The molecule has 0 radical (unpaired) electrons. The van der Waals surface area contributed by atoms with Crippen LogP contribution in [0.4, 0.5) is 0 Å². The molecule has 0 bridgehead atoms. The first-order valence-corrected chi connectivity index (χ1v) is 14.6. The maximum atomic E-state index is 12.7. The third-order valence-corrected chi connectivity index (χ3v) is 11.8. The van der Waals surface area contributed by atoms with Crippen molar-refractivity contribution in [3.05, 3.63) is 61.8 Å². The van der Waals surface area contributed by atoms with Crippen LogP contribution in [0.15, 0.2) is 36.4 Å². The molecule has 0 amide bonds. The van der Waals surface area contributed by atoms with Crippen LogP contribution >= 0.6 is 90.4 Å². The smallest absolute Gasteiger partial charge is 0.152 e. The van der Waals surface area contributed by atoms with Gasteiger partial charge in [-0.1, -0.05) is 12.1 Å². The van der Waals surface area contributed by atoms with Gasteiger partial charge in [0.25, 0.3) is 0 Å². The fourth-order valence-corrected chi connectivity index (χ4v) is 6.44. The van der Waals surface area contributed by atoms with Crippen molar-refractivity contribution in [1.82, 2.24) is 0 Å². The molecule has 0 aliphatic carbocycles. The Kier molecular flexibility index (Phi) is 10.4. The second-order valence-corrected chi connectivity index (χ2v) is 13.4. The summed E-state index contributed by atoms with van der Waals surface area (Å²) in [6.45, 7) is 0. The van der Waals surface area contributed by atoms with Crippen LogP contribution in [-0.4, -0.2) is 19.9 Å². The van der Waals surface area contributed by atoms with Crippen molar-refractivity contribution in [3.8, 4) is 12.1 Å². The molecule has 2 rings (SSSR count). The van der Waals surface area contributed by atoms with Crippen LogP contribution in [0.1, 0.15) is 11.1 Å². The number of rotatable bonds is 8. The zero-order chi connectivity index (χ0) is 21.6. The minimum absolute atomic E-state index is 0.228. The van der Waals surface area contributed by atoms with E-state index in [1.165, 1.54) is 0 Å². The summed E-state index contributed by atoms with van der Waals surface area (Å²) >= 11 is 8.93. The Labute approximate surface area is 226 Å². The third-order valence-electron chi connectivity index (χ3n) is 4.21. The summed E-state index contributed by atoms with van der Waals surface area (Å²) in [6.07, 6.45) is 0.768. The highest BCUT2D eigenvalue weighted by molar-refractivity contribution is 14.1. The van der Waals surface area contributed by atoms with Gasteiger partial charge in [-0.2, -0.15) is 10.5 Å². The molecule has 9 heteroatoms. The number of nitriles is 2. The van der Waals surface area contributed by atoms with Gasteiger partial charge < -0.3 is 0 Å². The lowest BCUT2D eigenvalue weighted by molar-refractivity contribution is 0.573. The van der Waals surface area contributed by atoms with E-state index in [4.69, 9.17) is 0 Å². The number of hydrogen-bond acceptors (Lipinski definition) is 4. The summed E-state index contributed by atoms with van der Waals surface area (Å²) in [5, 5.41) is 18.9. The molecule has 2 unspecified atom stereocenters. The van der Waals surface area contributed by atoms with Crippen molar-refractivity contribution < 1.29 is 8.42 Å². The van der Waals surface area contributed by atoms with E-state index in [2.05, 4.69) is 103 Å². The van der Waals surface area contributed by atoms with Gasteiger partial charge in [-0.15, -0.1) is 0 Å². The summed E-state index contributed by atoms with van der Waals surface area (Å²) in [4.78, 5) is 0. The van der Waals surface area contributed by atoms with Gasteiger partial charge in [0, 0.05) is 14.3 Å². The molecule has 2 atom stereocenters. The Balaban J connectivity index is 2.05. The second kappa shape index (κ2) is 11.8. The highest BCUT2D eigenvalue weighted by atomic mass is 127. The van der Waals surface area contributed by atoms with Gasteiger partial charge in [-0.25, -0.2) is 8.42 Å². The van der Waals surface area contributed by atoms with E-state index in [9.17, 15) is 18.9 Å². The molecular weight excluding hydrogens is 840 g/mol. The van der Waals surface area contributed by atoms with Crippen LogP contribution in [0.2, 0.25) is 0 Å². The zero-order valence-electron chi connectivity index (χ0n) is 15.1. The monoisotopic (exact) mass is 856 g/mol. The van der Waals surface area contributed by atoms with Gasteiger partial charge in [0.15, 0.2) is 9.84 Å². The molecule has 2 aromatic rings. The number of nitrogens with zero attached hydrogens (tertiary/aromatic N) is 2. The van der Waals surface area contributed by atoms with Crippen molar-refractivity contribution in [2.75, 3.05) is 11.5 Å². The van der Waals surface area contributed by atoms with Crippen molar-refractivity contribution >= 4 is 100 Å². The highest BCUT2D eigenvalue weighted by Gasteiger charge is 2.24. The molecule has 0 aliphatic heterocycles. The van der Waals surface area contributed by atoms with Crippen LogP contribution in [-0.2, 0) is 22.7 Å². The molecule has 0 saturated carbocycles. The normalized spacial score (nSPS) is 13.3. The molecule has 0 aromatic heterocycles. The lowest BCUT2D eigenvalue weighted by Crippen LogP contribution is -2.24. The van der Waals surface area contributed by atoms with Gasteiger partial charge in [0.05, 0.1) is 35.5 Å². The third kappa shape index (κ3) is 8.38. The summed E-state index contributed by atoms with van der Waals surface area (Å²) in [5.41, 5.74) is 1.89. The summed E-state index contributed by atoms with van der Waals surface area (Å²) in [6, 6.07) is 16.0. The first kappa shape index (κ1) is 25.5. The van der Waals surface area contributed by atoms with E-state index < -0.39 is 21.7 Å². The molecule has 0 N–H and O–H groups in total. The first-order valence-electron chi connectivity index (χ1n) is 8.51. The van der Waals surface area contributed by atoms with Crippen LogP contribution < -0.4 is 0 Å². The summed E-state index contributed by atoms with van der Waals surface area (Å²) in [7, 11) is -3.53. The van der Waals surface area contributed by atoms with E-state index in [0.717, 1.165) is 25.4 Å². The van der Waals surface area contributed by atoms with E-state index in [-0.39, 0.29) is 11.5 Å². The van der Waals surface area contributed by atoms with E-state index in [0.29, 0.717) is 12.8 Å². The molecule has 0 aliphatic rings. The number of sulfone groups is 1. The minimum atomic E-state index is -3.53. The van der Waals surface area contributed by atoms with Gasteiger partial charge in [0.2, 0.25) is 0 Å². The van der Waals surface area contributed by atoms with Gasteiger partial charge in [-0.3, -0.25) is 0 Å². The summed E-state index contributed by atoms with van der Waals surface area (Å²) in [5.74, 6) is -1.72. The molecule has 0 fully saturated rings. The van der Waals surface area contributed by atoms with Gasteiger partial charge in [-0.05, 0) is 139 Å². The number of benzene rings is 2. The molecular formula is C20H16I4N2O2S. The van der Waals surface area contributed by atoms with Gasteiger partial charge in [0.1, 0.15) is 0 Å². The molecule has 152 valence electrons. The van der Waals surface area contributed by atoms with Crippen LogP contribution in [0.3, 0.4) is 0 Å². The van der Waals surface area contributed by atoms with Crippen molar-refractivity contribution in [1.29, 1.82) is 10.5 Å².